The molecule has 0 radical (unpaired) electrons. The van der Waals surface area contributed by atoms with Gasteiger partial charge >= 0.3 is 0 Å². The summed E-state index contributed by atoms with van der Waals surface area (Å²) in [5.41, 5.74) is 9.06. The first-order valence-electron chi connectivity index (χ1n) is 6.66. The molecule has 0 fully saturated rings. The van der Waals surface area contributed by atoms with Gasteiger partial charge in [-0.2, -0.15) is 0 Å². The Labute approximate surface area is 118 Å². The largest absolute Gasteiger partial charge is 0.432 e. The molecule has 1 heterocycles. The molecule has 2 aliphatic rings. The highest BCUT2D eigenvalue weighted by atomic mass is 16.5. The molecule has 3 rings (SSSR count). The highest BCUT2D eigenvalue weighted by Gasteiger charge is 2.10. The minimum absolute atomic E-state index is 0.424. The van der Waals surface area contributed by atoms with Crippen LogP contribution in [-0.2, 0) is 0 Å². The maximum atomic E-state index is 5.84. The van der Waals surface area contributed by atoms with Gasteiger partial charge in [-0.25, -0.2) is 4.99 Å². The fourth-order valence-electron chi connectivity index (χ4n) is 2.07. The molecule has 2 heteroatoms. The summed E-state index contributed by atoms with van der Waals surface area (Å²) < 4.78 is 5.84. The van der Waals surface area contributed by atoms with Crippen molar-refractivity contribution in [3.63, 3.8) is 0 Å². The molecule has 2 nitrogen and oxygen atoms in total. The number of hydrogen-bond donors (Lipinski definition) is 0. The van der Waals surface area contributed by atoms with E-state index in [0.29, 0.717) is 11.8 Å². The number of hydrogen-bond acceptors (Lipinski definition) is 2. The van der Waals surface area contributed by atoms with E-state index < -0.39 is 0 Å². The molecule has 1 atom stereocenters. The molecule has 0 N–H and O–H groups in total. The van der Waals surface area contributed by atoms with Crippen molar-refractivity contribution in [1.82, 2.24) is 0 Å². The van der Waals surface area contributed by atoms with Gasteiger partial charge in [0.05, 0.1) is 0 Å². The molecule has 0 amide bonds. The molecule has 1 aliphatic carbocycles. The van der Waals surface area contributed by atoms with Crippen molar-refractivity contribution < 1.29 is 4.74 Å². The summed E-state index contributed by atoms with van der Waals surface area (Å²) in [6.45, 7) is 4.08. The lowest BCUT2D eigenvalue weighted by Gasteiger charge is -2.10. The van der Waals surface area contributed by atoms with Gasteiger partial charge in [0.2, 0.25) is 0 Å². The Morgan fingerprint density at radius 3 is 2.80 bits per heavy atom. The first kappa shape index (κ1) is 12.5. The Morgan fingerprint density at radius 2 is 2.00 bits per heavy atom. The molecule has 0 aromatic heterocycles. The van der Waals surface area contributed by atoms with Crippen LogP contribution in [0.15, 0.2) is 58.3 Å². The molecular weight excluding hydrogens is 246 g/mol. The Kier molecular flexibility index (Phi) is 3.26. The highest BCUT2D eigenvalue weighted by molar-refractivity contribution is 5.79. The SMILES string of the molecule is CC1=C=C=C(Oc2cccc3c2C=CC(C)C=C3)N=C1. The number of allylic oxidation sites excluding steroid dienone is 3. The minimum Gasteiger partial charge on any atom is -0.432 e. The number of aliphatic imine (C=N–C) groups is 1. The van der Waals surface area contributed by atoms with E-state index in [-0.39, 0.29) is 0 Å². The first-order valence-corrected chi connectivity index (χ1v) is 6.66. The average molecular weight is 261 g/mol. The van der Waals surface area contributed by atoms with E-state index in [9.17, 15) is 0 Å². The summed E-state index contributed by atoms with van der Waals surface area (Å²) >= 11 is 0. The average Bonchev–Trinajstić information content (AvgIpc) is 2.65. The fraction of sp³-hybridized carbons (Fsp3) is 0.167. The zero-order chi connectivity index (χ0) is 13.9. The number of benzene rings is 1. The lowest BCUT2D eigenvalue weighted by Crippen LogP contribution is -1.97. The molecule has 98 valence electrons. The molecule has 0 spiro atoms. The van der Waals surface area contributed by atoms with Crippen LogP contribution in [0.4, 0.5) is 0 Å². The van der Waals surface area contributed by atoms with Gasteiger partial charge in [0.25, 0.3) is 5.88 Å². The van der Waals surface area contributed by atoms with Gasteiger partial charge in [-0.3, -0.25) is 0 Å². The summed E-state index contributed by atoms with van der Waals surface area (Å²) in [6.07, 6.45) is 10.3. The van der Waals surface area contributed by atoms with Gasteiger partial charge < -0.3 is 4.74 Å². The third-order valence-electron chi connectivity index (χ3n) is 3.19. The molecule has 1 aliphatic heterocycles. The lowest BCUT2D eigenvalue weighted by molar-refractivity contribution is 0.421. The number of fused-ring (bicyclic) bond motifs is 1. The van der Waals surface area contributed by atoms with E-state index in [1.165, 1.54) is 0 Å². The second-order valence-corrected chi connectivity index (χ2v) is 4.93. The monoisotopic (exact) mass is 261 g/mol. The Morgan fingerprint density at radius 1 is 1.15 bits per heavy atom. The standard InChI is InChI=1S/C18H15NO/c1-13-6-9-15-4-3-5-17(16(15)10-7-13)20-18-11-8-14(2)12-19-18/h3-7,9-10,12-13H,1-2H3. The molecule has 0 saturated heterocycles. The van der Waals surface area contributed by atoms with Crippen LogP contribution in [0.25, 0.3) is 12.2 Å². The highest BCUT2D eigenvalue weighted by Crippen LogP contribution is 2.29. The summed E-state index contributed by atoms with van der Waals surface area (Å²) in [4.78, 5) is 4.21. The predicted molar refractivity (Wildman–Crippen MR) is 82.5 cm³/mol. The molecule has 1 aromatic rings. The molecule has 20 heavy (non-hydrogen) atoms. The Hall–Kier alpha value is -2.53. The molecule has 1 aromatic carbocycles. The van der Waals surface area contributed by atoms with E-state index in [4.69, 9.17) is 4.74 Å². The van der Waals surface area contributed by atoms with Crippen LogP contribution < -0.4 is 4.74 Å². The van der Waals surface area contributed by atoms with Crippen LogP contribution in [0.1, 0.15) is 25.0 Å². The minimum atomic E-state index is 0.424. The number of nitrogens with zero attached hydrogens (tertiary/aromatic N) is 1. The molecular formula is C18H15NO. The van der Waals surface area contributed by atoms with Crippen LogP contribution in [0.5, 0.6) is 5.75 Å². The van der Waals surface area contributed by atoms with Gasteiger partial charge in [-0.1, -0.05) is 49.1 Å². The van der Waals surface area contributed by atoms with Gasteiger partial charge in [-0.05, 0) is 30.2 Å². The third kappa shape index (κ3) is 2.57. The first-order chi connectivity index (χ1) is 9.72. The zero-order valence-corrected chi connectivity index (χ0v) is 11.6. The maximum absolute atomic E-state index is 5.84. The summed E-state index contributed by atoms with van der Waals surface area (Å²) in [5, 5.41) is 0. The van der Waals surface area contributed by atoms with Crippen LogP contribution >= 0.6 is 0 Å². The Balaban J connectivity index is 2.01. The lowest BCUT2D eigenvalue weighted by atomic mass is 10.1. The maximum Gasteiger partial charge on any atom is 0.273 e. The fourth-order valence-corrected chi connectivity index (χ4v) is 2.07. The van der Waals surface area contributed by atoms with Crippen molar-refractivity contribution in [2.75, 3.05) is 0 Å². The van der Waals surface area contributed by atoms with Crippen molar-refractivity contribution in [3.8, 4) is 5.75 Å². The number of ether oxygens (including phenoxy) is 1. The van der Waals surface area contributed by atoms with Gasteiger partial charge in [0, 0.05) is 17.4 Å². The van der Waals surface area contributed by atoms with Gasteiger partial charge in [0.15, 0.2) is 0 Å². The second kappa shape index (κ2) is 5.22. The smallest absolute Gasteiger partial charge is 0.273 e. The van der Waals surface area contributed by atoms with E-state index in [2.05, 4.69) is 53.7 Å². The zero-order valence-electron chi connectivity index (χ0n) is 11.6. The Bertz CT molecular complexity index is 737. The van der Waals surface area contributed by atoms with Crippen molar-refractivity contribution in [1.29, 1.82) is 0 Å². The van der Waals surface area contributed by atoms with E-state index in [1.54, 1.807) is 6.21 Å². The molecule has 0 saturated carbocycles. The third-order valence-corrected chi connectivity index (χ3v) is 3.19. The normalized spacial score (nSPS) is 19.2. The topological polar surface area (TPSA) is 21.6 Å². The van der Waals surface area contributed by atoms with Crippen molar-refractivity contribution in [3.05, 3.63) is 64.4 Å². The van der Waals surface area contributed by atoms with E-state index in [0.717, 1.165) is 22.4 Å². The van der Waals surface area contributed by atoms with Gasteiger partial charge in [0.1, 0.15) is 5.75 Å². The van der Waals surface area contributed by atoms with Crippen LogP contribution in [0, 0.1) is 5.92 Å². The van der Waals surface area contributed by atoms with Crippen LogP contribution in [0.3, 0.4) is 0 Å². The van der Waals surface area contributed by atoms with Crippen molar-refractivity contribution in [2.24, 2.45) is 10.9 Å². The predicted octanol–water partition coefficient (Wildman–Crippen LogP) is 4.37. The second-order valence-electron chi connectivity index (χ2n) is 4.93. The van der Waals surface area contributed by atoms with E-state index in [1.807, 2.05) is 19.1 Å². The van der Waals surface area contributed by atoms with E-state index >= 15 is 0 Å². The van der Waals surface area contributed by atoms with Gasteiger partial charge in [-0.15, -0.1) is 0 Å². The summed E-state index contributed by atoms with van der Waals surface area (Å²) in [6, 6.07) is 6.02. The van der Waals surface area contributed by atoms with Crippen LogP contribution in [0.2, 0.25) is 0 Å². The van der Waals surface area contributed by atoms with Crippen molar-refractivity contribution in [2.45, 2.75) is 13.8 Å². The number of rotatable bonds is 2. The quantitative estimate of drug-likeness (QED) is 0.724. The molecule has 0 bridgehead atoms. The van der Waals surface area contributed by atoms with Crippen LogP contribution in [-0.4, -0.2) is 6.21 Å². The van der Waals surface area contributed by atoms with Crippen molar-refractivity contribution >= 4 is 18.4 Å². The summed E-state index contributed by atoms with van der Waals surface area (Å²) in [7, 11) is 0. The molecule has 1 unspecified atom stereocenters. The summed E-state index contributed by atoms with van der Waals surface area (Å²) in [5.74, 6) is 1.66.